The minimum absolute atomic E-state index is 0.158. The molecule has 10 heteroatoms. The third-order valence-corrected chi connectivity index (χ3v) is 4.88. The van der Waals surface area contributed by atoms with Crippen molar-refractivity contribution in [2.75, 3.05) is 25.6 Å². The van der Waals surface area contributed by atoms with E-state index < -0.39 is 29.6 Å². The smallest absolute Gasteiger partial charge is 0.338 e. The SMILES string of the molecule is CCCCOc1ccc(C(=O)OCC(=O)c2c(N)n(CCC)c(=O)n(C)c2=O)cc1OCC. The van der Waals surface area contributed by atoms with Crippen molar-refractivity contribution < 1.29 is 23.8 Å². The number of esters is 1. The third-order valence-electron chi connectivity index (χ3n) is 4.88. The number of benzene rings is 1. The zero-order valence-electron chi connectivity index (χ0n) is 19.5. The van der Waals surface area contributed by atoms with Crippen molar-refractivity contribution in [3.63, 3.8) is 0 Å². The van der Waals surface area contributed by atoms with Crippen LogP contribution in [0.5, 0.6) is 11.5 Å². The molecule has 0 bridgehead atoms. The van der Waals surface area contributed by atoms with E-state index in [1.54, 1.807) is 6.07 Å². The molecule has 2 N–H and O–H groups in total. The molecule has 0 atom stereocenters. The first kappa shape index (κ1) is 25.7. The van der Waals surface area contributed by atoms with Gasteiger partial charge in [0.2, 0.25) is 5.78 Å². The van der Waals surface area contributed by atoms with E-state index in [4.69, 9.17) is 19.9 Å². The van der Waals surface area contributed by atoms with E-state index in [1.165, 1.54) is 19.2 Å². The number of nitrogens with zero attached hydrogens (tertiary/aromatic N) is 2. The number of nitrogen functional groups attached to an aromatic ring is 1. The van der Waals surface area contributed by atoms with Crippen LogP contribution in [0.2, 0.25) is 0 Å². The number of hydrogen-bond acceptors (Lipinski definition) is 8. The molecule has 0 amide bonds. The van der Waals surface area contributed by atoms with Gasteiger partial charge in [-0.15, -0.1) is 0 Å². The molecule has 0 aliphatic rings. The highest BCUT2D eigenvalue weighted by Gasteiger charge is 2.23. The van der Waals surface area contributed by atoms with Crippen LogP contribution in [0.15, 0.2) is 27.8 Å². The number of ketones is 1. The van der Waals surface area contributed by atoms with Crippen LogP contribution in [0.1, 0.15) is 60.7 Å². The summed E-state index contributed by atoms with van der Waals surface area (Å²) in [5.41, 5.74) is 4.26. The zero-order valence-corrected chi connectivity index (χ0v) is 19.5. The summed E-state index contributed by atoms with van der Waals surface area (Å²) in [4.78, 5) is 49.9. The fourth-order valence-corrected chi connectivity index (χ4v) is 3.12. The molecular weight excluding hydrogens is 430 g/mol. The van der Waals surface area contributed by atoms with Crippen molar-refractivity contribution in [2.45, 2.75) is 46.6 Å². The largest absolute Gasteiger partial charge is 0.490 e. The minimum Gasteiger partial charge on any atom is -0.490 e. The molecule has 0 saturated heterocycles. The van der Waals surface area contributed by atoms with Crippen molar-refractivity contribution >= 4 is 17.6 Å². The number of unbranched alkanes of at least 4 members (excludes halogenated alkanes) is 1. The summed E-state index contributed by atoms with van der Waals surface area (Å²) in [5.74, 6) is -0.915. The summed E-state index contributed by atoms with van der Waals surface area (Å²) >= 11 is 0. The molecule has 0 radical (unpaired) electrons. The van der Waals surface area contributed by atoms with Crippen LogP contribution in [0.25, 0.3) is 0 Å². The van der Waals surface area contributed by atoms with Gasteiger partial charge in [-0.3, -0.25) is 18.7 Å². The molecule has 33 heavy (non-hydrogen) atoms. The second-order valence-electron chi connectivity index (χ2n) is 7.35. The Morgan fingerprint density at radius 1 is 1.03 bits per heavy atom. The third kappa shape index (κ3) is 6.03. The number of anilines is 1. The van der Waals surface area contributed by atoms with Gasteiger partial charge in [-0.2, -0.15) is 0 Å². The van der Waals surface area contributed by atoms with E-state index in [9.17, 15) is 19.2 Å². The van der Waals surface area contributed by atoms with Crippen molar-refractivity contribution in [3.05, 3.63) is 50.2 Å². The average molecular weight is 462 g/mol. The number of carbonyl (C=O) groups excluding carboxylic acids is 2. The molecule has 1 heterocycles. The molecule has 0 aliphatic heterocycles. The summed E-state index contributed by atoms with van der Waals surface area (Å²) in [5, 5.41) is 0. The molecule has 0 spiro atoms. The van der Waals surface area contributed by atoms with Gasteiger partial charge in [0.05, 0.1) is 18.8 Å². The molecule has 1 aromatic carbocycles. The Labute approximate surface area is 191 Å². The number of aromatic nitrogens is 2. The Balaban J connectivity index is 2.21. The monoisotopic (exact) mass is 461 g/mol. The first-order valence-electron chi connectivity index (χ1n) is 11.0. The zero-order chi connectivity index (χ0) is 24.5. The minimum atomic E-state index is -0.835. The second kappa shape index (κ2) is 11.9. The van der Waals surface area contributed by atoms with E-state index in [0.29, 0.717) is 31.1 Å². The molecule has 0 fully saturated rings. The highest BCUT2D eigenvalue weighted by atomic mass is 16.5. The topological polar surface area (TPSA) is 132 Å². The van der Waals surface area contributed by atoms with Crippen LogP contribution in [0.4, 0.5) is 5.82 Å². The standard InChI is InChI=1S/C23H31N3O7/c1-5-8-12-32-17-10-9-15(13-18(17)31-7-3)22(29)33-14-16(27)19-20(24)26(11-6-2)23(30)25(4)21(19)28/h9-10,13H,5-8,11-12,14,24H2,1-4H3. The average Bonchev–Trinajstić information content (AvgIpc) is 2.80. The molecule has 2 rings (SSSR count). The van der Waals surface area contributed by atoms with Gasteiger partial charge in [0.1, 0.15) is 11.4 Å². The Morgan fingerprint density at radius 2 is 1.76 bits per heavy atom. The maximum atomic E-state index is 12.7. The number of rotatable bonds is 12. The lowest BCUT2D eigenvalue weighted by molar-refractivity contribution is 0.0473. The Kier molecular flexibility index (Phi) is 9.26. The summed E-state index contributed by atoms with van der Waals surface area (Å²) in [6.07, 6.45) is 2.43. The molecule has 0 unspecified atom stereocenters. The van der Waals surface area contributed by atoms with Crippen LogP contribution < -0.4 is 26.5 Å². The lowest BCUT2D eigenvalue weighted by Gasteiger charge is -2.14. The Bertz CT molecular complexity index is 1120. The number of Topliss-reactive ketones (excluding diaryl/α,β-unsaturated/α-hetero) is 1. The molecule has 1 aromatic heterocycles. The maximum absolute atomic E-state index is 12.7. The first-order chi connectivity index (χ1) is 15.8. The number of nitrogens with two attached hydrogens (primary N) is 1. The predicted molar refractivity (Wildman–Crippen MR) is 123 cm³/mol. The van der Waals surface area contributed by atoms with Crippen LogP contribution in [0.3, 0.4) is 0 Å². The summed E-state index contributed by atoms with van der Waals surface area (Å²) in [6, 6.07) is 4.59. The van der Waals surface area contributed by atoms with Gasteiger partial charge in [0.15, 0.2) is 18.1 Å². The molecule has 10 nitrogen and oxygen atoms in total. The van der Waals surface area contributed by atoms with Crippen molar-refractivity contribution in [1.29, 1.82) is 0 Å². The van der Waals surface area contributed by atoms with Crippen LogP contribution in [0, 0.1) is 0 Å². The van der Waals surface area contributed by atoms with Gasteiger partial charge in [-0.25, -0.2) is 9.59 Å². The molecule has 2 aromatic rings. The lowest BCUT2D eigenvalue weighted by atomic mass is 10.2. The predicted octanol–water partition coefficient (Wildman–Crippen LogP) is 2.16. The summed E-state index contributed by atoms with van der Waals surface area (Å²) < 4.78 is 18.3. The van der Waals surface area contributed by atoms with Crippen LogP contribution >= 0.6 is 0 Å². The van der Waals surface area contributed by atoms with Crippen molar-refractivity contribution in [3.8, 4) is 11.5 Å². The number of carbonyl (C=O) groups is 2. The number of ether oxygens (including phenoxy) is 3. The van der Waals surface area contributed by atoms with Gasteiger partial charge >= 0.3 is 11.7 Å². The molecule has 0 aliphatic carbocycles. The second-order valence-corrected chi connectivity index (χ2v) is 7.35. The molecule has 0 saturated carbocycles. The highest BCUT2D eigenvalue weighted by molar-refractivity contribution is 6.02. The van der Waals surface area contributed by atoms with Gasteiger partial charge < -0.3 is 19.9 Å². The summed E-state index contributed by atoms with van der Waals surface area (Å²) in [6.45, 7) is 6.12. The van der Waals surface area contributed by atoms with E-state index >= 15 is 0 Å². The van der Waals surface area contributed by atoms with Gasteiger partial charge in [0, 0.05) is 13.6 Å². The normalized spacial score (nSPS) is 10.7. The Hall–Kier alpha value is -3.56. The quantitative estimate of drug-likeness (QED) is 0.289. The van der Waals surface area contributed by atoms with E-state index in [2.05, 4.69) is 6.92 Å². The van der Waals surface area contributed by atoms with Gasteiger partial charge in [0.25, 0.3) is 5.56 Å². The number of hydrogen-bond donors (Lipinski definition) is 1. The van der Waals surface area contributed by atoms with Crippen molar-refractivity contribution in [2.24, 2.45) is 7.05 Å². The Morgan fingerprint density at radius 3 is 2.39 bits per heavy atom. The van der Waals surface area contributed by atoms with Crippen LogP contribution in [-0.4, -0.2) is 40.7 Å². The van der Waals surface area contributed by atoms with E-state index in [-0.39, 0.29) is 23.5 Å². The fraction of sp³-hybridized carbons (Fsp3) is 0.478. The fourth-order valence-electron chi connectivity index (χ4n) is 3.12. The highest BCUT2D eigenvalue weighted by Crippen LogP contribution is 2.29. The first-order valence-corrected chi connectivity index (χ1v) is 11.0. The van der Waals surface area contributed by atoms with E-state index in [0.717, 1.165) is 22.0 Å². The van der Waals surface area contributed by atoms with E-state index in [1.807, 2.05) is 13.8 Å². The van der Waals surface area contributed by atoms with Gasteiger partial charge in [-0.05, 0) is 38.0 Å². The van der Waals surface area contributed by atoms with Crippen LogP contribution in [-0.2, 0) is 18.3 Å². The molecule has 180 valence electrons. The molecular formula is C23H31N3O7. The maximum Gasteiger partial charge on any atom is 0.338 e. The lowest BCUT2D eigenvalue weighted by Crippen LogP contribution is -2.43. The van der Waals surface area contributed by atoms with Crippen molar-refractivity contribution in [1.82, 2.24) is 9.13 Å². The summed E-state index contributed by atoms with van der Waals surface area (Å²) in [7, 11) is 1.26. The van der Waals surface area contributed by atoms with Gasteiger partial charge in [-0.1, -0.05) is 20.3 Å².